The second kappa shape index (κ2) is 8.19. The van der Waals surface area contributed by atoms with E-state index < -0.39 is 12.0 Å². The van der Waals surface area contributed by atoms with Crippen LogP contribution in [-0.4, -0.2) is 52.4 Å². The molecular weight excluding hydrogens is 336 g/mol. The number of carbonyl (C=O) groups excluding carboxylic acids is 2. The van der Waals surface area contributed by atoms with Crippen molar-refractivity contribution in [1.82, 2.24) is 9.88 Å². The third-order valence-electron chi connectivity index (χ3n) is 3.07. The van der Waals surface area contributed by atoms with E-state index in [9.17, 15) is 9.59 Å². The van der Waals surface area contributed by atoms with Gasteiger partial charge in [0.2, 0.25) is 0 Å². The molecule has 1 aliphatic rings. The summed E-state index contributed by atoms with van der Waals surface area (Å²) in [6, 6.07) is 2.84. The summed E-state index contributed by atoms with van der Waals surface area (Å²) in [4.78, 5) is 30.2. The van der Waals surface area contributed by atoms with E-state index in [-0.39, 0.29) is 12.5 Å². The Morgan fingerprint density at radius 2 is 2.30 bits per heavy atom. The SMILES string of the molecule is COCCOC(=O)[C@H](C)N1C(=O)/C(=C/c2cccnc2)SC1=S. The first-order chi connectivity index (χ1) is 11.0. The molecule has 6 nitrogen and oxygen atoms in total. The number of thiocarbonyl (C=S) groups is 1. The van der Waals surface area contributed by atoms with Gasteiger partial charge < -0.3 is 9.47 Å². The van der Waals surface area contributed by atoms with E-state index in [2.05, 4.69) is 4.98 Å². The highest BCUT2D eigenvalue weighted by atomic mass is 32.2. The zero-order valence-electron chi connectivity index (χ0n) is 12.7. The minimum atomic E-state index is -0.779. The number of ether oxygens (including phenoxy) is 2. The summed E-state index contributed by atoms with van der Waals surface area (Å²) in [6.45, 7) is 2.03. The lowest BCUT2D eigenvalue weighted by atomic mass is 10.2. The van der Waals surface area contributed by atoms with E-state index in [4.69, 9.17) is 21.7 Å². The summed E-state index contributed by atoms with van der Waals surface area (Å²) in [5, 5.41) is 0. The quantitative estimate of drug-likeness (QED) is 0.335. The molecule has 0 aliphatic carbocycles. The van der Waals surface area contributed by atoms with Gasteiger partial charge in [-0.25, -0.2) is 4.79 Å². The van der Waals surface area contributed by atoms with Crippen LogP contribution in [0.2, 0.25) is 0 Å². The van der Waals surface area contributed by atoms with Gasteiger partial charge in [0.15, 0.2) is 0 Å². The molecule has 0 spiro atoms. The van der Waals surface area contributed by atoms with Crippen LogP contribution in [-0.2, 0) is 19.1 Å². The van der Waals surface area contributed by atoms with Crippen LogP contribution in [0.1, 0.15) is 12.5 Å². The molecule has 1 atom stereocenters. The van der Waals surface area contributed by atoms with Gasteiger partial charge in [-0.15, -0.1) is 0 Å². The number of carbonyl (C=O) groups is 2. The number of nitrogens with zero attached hydrogens (tertiary/aromatic N) is 2. The van der Waals surface area contributed by atoms with Crippen molar-refractivity contribution in [2.24, 2.45) is 0 Å². The number of pyridine rings is 1. The van der Waals surface area contributed by atoms with Crippen molar-refractivity contribution in [3.63, 3.8) is 0 Å². The van der Waals surface area contributed by atoms with Crippen molar-refractivity contribution in [2.75, 3.05) is 20.3 Å². The molecule has 1 aromatic heterocycles. The number of esters is 1. The molecule has 0 unspecified atom stereocenters. The zero-order chi connectivity index (χ0) is 16.8. The van der Waals surface area contributed by atoms with E-state index >= 15 is 0 Å². The van der Waals surface area contributed by atoms with Crippen LogP contribution in [0.5, 0.6) is 0 Å². The van der Waals surface area contributed by atoms with Crippen molar-refractivity contribution < 1.29 is 19.1 Å². The number of hydrogen-bond donors (Lipinski definition) is 0. The minimum absolute atomic E-state index is 0.139. The molecule has 122 valence electrons. The summed E-state index contributed by atoms with van der Waals surface area (Å²) in [5.41, 5.74) is 0.795. The van der Waals surface area contributed by atoms with Crippen LogP contribution >= 0.6 is 24.0 Å². The van der Waals surface area contributed by atoms with Crippen LogP contribution in [0.15, 0.2) is 29.4 Å². The largest absolute Gasteiger partial charge is 0.462 e. The average molecular weight is 352 g/mol. The van der Waals surface area contributed by atoms with Gasteiger partial charge in [-0.05, 0) is 24.6 Å². The van der Waals surface area contributed by atoms with E-state index in [1.807, 2.05) is 6.07 Å². The second-order valence-corrected chi connectivity index (χ2v) is 6.35. The fourth-order valence-electron chi connectivity index (χ4n) is 1.88. The fraction of sp³-hybridized carbons (Fsp3) is 0.333. The van der Waals surface area contributed by atoms with E-state index in [1.54, 1.807) is 31.5 Å². The van der Waals surface area contributed by atoms with E-state index in [0.717, 1.165) is 17.3 Å². The summed E-state index contributed by atoms with van der Waals surface area (Å²) < 4.78 is 10.2. The molecule has 8 heteroatoms. The van der Waals surface area contributed by atoms with E-state index in [0.29, 0.717) is 15.8 Å². The van der Waals surface area contributed by atoms with Crippen LogP contribution in [0.4, 0.5) is 0 Å². The lowest BCUT2D eigenvalue weighted by Crippen LogP contribution is -2.42. The molecule has 2 rings (SSSR count). The van der Waals surface area contributed by atoms with Gasteiger partial charge in [-0.2, -0.15) is 0 Å². The summed E-state index contributed by atoms with van der Waals surface area (Å²) in [6.07, 6.45) is 5.00. The Balaban J connectivity index is 2.09. The fourth-order valence-corrected chi connectivity index (χ4v) is 3.30. The molecule has 1 aromatic rings. The lowest BCUT2D eigenvalue weighted by molar-refractivity contribution is -0.151. The van der Waals surface area contributed by atoms with Gasteiger partial charge in [0, 0.05) is 19.5 Å². The zero-order valence-corrected chi connectivity index (χ0v) is 14.4. The Bertz CT molecular complexity index is 634. The predicted molar refractivity (Wildman–Crippen MR) is 91.5 cm³/mol. The summed E-state index contributed by atoms with van der Waals surface area (Å²) in [5.74, 6) is -0.818. The predicted octanol–water partition coefficient (Wildman–Crippen LogP) is 1.86. The minimum Gasteiger partial charge on any atom is -0.462 e. The Morgan fingerprint density at radius 1 is 1.52 bits per heavy atom. The van der Waals surface area contributed by atoms with Crippen molar-refractivity contribution in [1.29, 1.82) is 0 Å². The number of rotatable bonds is 6. The molecule has 1 fully saturated rings. The Kier molecular flexibility index (Phi) is 6.26. The molecule has 1 saturated heterocycles. The molecule has 23 heavy (non-hydrogen) atoms. The van der Waals surface area contributed by atoms with Crippen LogP contribution < -0.4 is 0 Å². The van der Waals surface area contributed by atoms with Crippen LogP contribution in [0.25, 0.3) is 6.08 Å². The number of amides is 1. The molecule has 2 heterocycles. The molecule has 0 N–H and O–H groups in total. The normalized spacial score (nSPS) is 17.7. The maximum Gasteiger partial charge on any atom is 0.329 e. The van der Waals surface area contributed by atoms with Gasteiger partial charge in [0.1, 0.15) is 17.0 Å². The first-order valence-electron chi connectivity index (χ1n) is 6.87. The van der Waals surface area contributed by atoms with Gasteiger partial charge in [-0.3, -0.25) is 14.7 Å². The third-order valence-corrected chi connectivity index (χ3v) is 4.40. The highest BCUT2D eigenvalue weighted by molar-refractivity contribution is 8.26. The van der Waals surface area contributed by atoms with E-state index in [1.165, 1.54) is 12.0 Å². The van der Waals surface area contributed by atoms with Gasteiger partial charge in [0.25, 0.3) is 5.91 Å². The number of aromatic nitrogens is 1. The van der Waals surface area contributed by atoms with Gasteiger partial charge in [0.05, 0.1) is 11.5 Å². The van der Waals surface area contributed by atoms with Gasteiger partial charge >= 0.3 is 5.97 Å². The van der Waals surface area contributed by atoms with Gasteiger partial charge in [-0.1, -0.05) is 30.0 Å². The molecular formula is C15H16N2O4S2. The monoisotopic (exact) mass is 352 g/mol. The first kappa shape index (κ1) is 17.6. The number of methoxy groups -OCH3 is 1. The smallest absolute Gasteiger partial charge is 0.329 e. The Labute approximate surface area is 143 Å². The standard InChI is InChI=1S/C15H16N2O4S2/c1-10(14(19)21-7-6-20-2)17-13(18)12(23-15(17)22)8-11-4-3-5-16-9-11/h3-5,8-10H,6-7H2,1-2H3/b12-8-/t10-/m0/s1. The molecule has 0 saturated carbocycles. The molecule has 0 aromatic carbocycles. The highest BCUT2D eigenvalue weighted by Crippen LogP contribution is 2.34. The maximum absolute atomic E-state index is 12.5. The van der Waals surface area contributed by atoms with Crippen LogP contribution in [0.3, 0.4) is 0 Å². The topological polar surface area (TPSA) is 68.7 Å². The number of thioether (sulfide) groups is 1. The van der Waals surface area contributed by atoms with Crippen molar-refractivity contribution in [3.8, 4) is 0 Å². The van der Waals surface area contributed by atoms with Crippen molar-refractivity contribution in [2.45, 2.75) is 13.0 Å². The van der Waals surface area contributed by atoms with Crippen molar-refractivity contribution >= 4 is 46.3 Å². The highest BCUT2D eigenvalue weighted by Gasteiger charge is 2.38. The average Bonchev–Trinajstić information content (AvgIpc) is 2.82. The molecule has 1 amide bonds. The lowest BCUT2D eigenvalue weighted by Gasteiger charge is -2.21. The molecule has 1 aliphatic heterocycles. The number of hydrogen-bond acceptors (Lipinski definition) is 7. The first-order valence-corrected chi connectivity index (χ1v) is 8.09. The molecule has 0 radical (unpaired) electrons. The maximum atomic E-state index is 12.5. The Morgan fingerprint density at radius 3 is 2.96 bits per heavy atom. The third kappa shape index (κ3) is 4.37. The Hall–Kier alpha value is -1.77. The summed E-state index contributed by atoms with van der Waals surface area (Å²) >= 11 is 6.38. The van der Waals surface area contributed by atoms with Crippen molar-refractivity contribution in [3.05, 3.63) is 35.0 Å². The van der Waals surface area contributed by atoms with Crippen LogP contribution in [0, 0.1) is 0 Å². The molecule has 0 bridgehead atoms. The summed E-state index contributed by atoms with van der Waals surface area (Å²) in [7, 11) is 1.52. The second-order valence-electron chi connectivity index (χ2n) is 4.67.